The van der Waals surface area contributed by atoms with Crippen molar-refractivity contribution in [2.24, 2.45) is 0 Å². The van der Waals surface area contributed by atoms with Gasteiger partial charge in [-0.15, -0.1) is 0 Å². The van der Waals surface area contributed by atoms with Crippen LogP contribution in [0.5, 0.6) is 0 Å². The molecular weight excluding hydrogens is 492 g/mol. The van der Waals surface area contributed by atoms with Crippen molar-refractivity contribution < 1.29 is 19.1 Å². The molecule has 4 nitrogen and oxygen atoms in total. The summed E-state index contributed by atoms with van der Waals surface area (Å²) in [5, 5.41) is 0. The van der Waals surface area contributed by atoms with E-state index in [0.29, 0.717) is 18.6 Å². The van der Waals surface area contributed by atoms with Crippen LogP contribution in [0, 0.1) is 0 Å². The number of carbonyl (C=O) groups is 2. The van der Waals surface area contributed by atoms with E-state index in [1.807, 2.05) is 0 Å². The normalized spacial score (nSPS) is 12.0. The lowest BCUT2D eigenvalue weighted by molar-refractivity contribution is -0.157. The Balaban J connectivity index is 3.54. The zero-order valence-corrected chi connectivity index (χ0v) is 26.4. The number of rotatable bonds is 30. The Morgan fingerprint density at radius 3 is 1.16 bits per heavy atom. The van der Waals surface area contributed by atoms with Gasteiger partial charge in [-0.2, -0.15) is 12.6 Å². The zero-order valence-electron chi connectivity index (χ0n) is 25.5. The van der Waals surface area contributed by atoms with E-state index in [0.717, 1.165) is 25.7 Å². The lowest BCUT2D eigenvalue weighted by Gasteiger charge is -2.16. The molecule has 0 rings (SSSR count). The van der Waals surface area contributed by atoms with Gasteiger partial charge in [0.15, 0.2) is 0 Å². The molecule has 0 heterocycles. The molecule has 226 valence electrons. The molecule has 1 atom stereocenters. The largest absolute Gasteiger partial charge is 0.462 e. The summed E-state index contributed by atoms with van der Waals surface area (Å²) in [7, 11) is 0. The summed E-state index contributed by atoms with van der Waals surface area (Å²) < 4.78 is 10.8. The fourth-order valence-electron chi connectivity index (χ4n) is 4.85. The van der Waals surface area contributed by atoms with Crippen molar-refractivity contribution in [3.63, 3.8) is 0 Å². The predicted molar refractivity (Wildman–Crippen MR) is 166 cm³/mol. The third-order valence-corrected chi connectivity index (χ3v) is 7.81. The second kappa shape index (κ2) is 30.8. The van der Waals surface area contributed by atoms with E-state index in [2.05, 4.69) is 26.5 Å². The van der Waals surface area contributed by atoms with Crippen LogP contribution in [0.2, 0.25) is 0 Å². The molecule has 0 saturated carbocycles. The number of ether oxygens (including phenoxy) is 2. The van der Waals surface area contributed by atoms with Crippen molar-refractivity contribution in [3.8, 4) is 0 Å². The molecule has 0 amide bonds. The molecule has 0 saturated heterocycles. The molecule has 38 heavy (non-hydrogen) atoms. The Kier molecular flexibility index (Phi) is 30.3. The quantitative estimate of drug-likeness (QED) is 0.0543. The minimum Gasteiger partial charge on any atom is -0.462 e. The molecule has 0 radical (unpaired) electrons. The Bertz CT molecular complexity index is 511. The number of hydrogen-bond donors (Lipinski definition) is 1. The van der Waals surface area contributed by atoms with E-state index in [9.17, 15) is 9.59 Å². The molecule has 0 aromatic rings. The maximum Gasteiger partial charge on any atom is 0.306 e. The van der Waals surface area contributed by atoms with Gasteiger partial charge in [0.05, 0.1) is 0 Å². The molecule has 0 aliphatic heterocycles. The minimum atomic E-state index is -0.450. The van der Waals surface area contributed by atoms with Crippen molar-refractivity contribution in [1.29, 1.82) is 0 Å². The minimum absolute atomic E-state index is 0.116. The Labute approximate surface area is 242 Å². The molecule has 0 N–H and O–H groups in total. The standard InChI is InChI=1S/C33H64O4S/c1-3-5-7-9-11-13-15-16-18-20-22-24-26-28-33(35)37-31(30-38)29-36-32(34)27-25-23-21-19-17-14-12-10-8-6-4-2/h31,38H,3-30H2,1-2H3/t31-/m1/s1. The van der Waals surface area contributed by atoms with Crippen LogP contribution in [0.4, 0.5) is 0 Å². The summed E-state index contributed by atoms with van der Waals surface area (Å²) in [6, 6.07) is 0. The molecule has 0 fully saturated rings. The van der Waals surface area contributed by atoms with Crippen LogP contribution in [-0.2, 0) is 19.1 Å². The first-order chi connectivity index (χ1) is 18.6. The summed E-state index contributed by atoms with van der Waals surface area (Å²) in [5.41, 5.74) is 0. The number of thiol groups is 1. The fourth-order valence-corrected chi connectivity index (χ4v) is 5.03. The molecule has 0 aliphatic rings. The second-order valence-corrected chi connectivity index (χ2v) is 11.6. The van der Waals surface area contributed by atoms with Crippen LogP contribution < -0.4 is 0 Å². The SMILES string of the molecule is CCCCCCCCCCCCCCCC(=O)O[C@@H](CS)COC(=O)CCCCCCCCCCCCC. The van der Waals surface area contributed by atoms with Crippen LogP contribution in [0.15, 0.2) is 0 Å². The molecule has 0 unspecified atom stereocenters. The van der Waals surface area contributed by atoms with Crippen molar-refractivity contribution in [1.82, 2.24) is 0 Å². The zero-order chi connectivity index (χ0) is 27.9. The summed E-state index contributed by atoms with van der Waals surface area (Å²) in [4.78, 5) is 24.2. The van der Waals surface area contributed by atoms with E-state index in [1.54, 1.807) is 0 Å². The highest BCUT2D eigenvalue weighted by molar-refractivity contribution is 7.80. The monoisotopic (exact) mass is 556 g/mol. The summed E-state index contributed by atoms with van der Waals surface area (Å²) in [6.07, 6.45) is 31.0. The van der Waals surface area contributed by atoms with Gasteiger partial charge in [0.1, 0.15) is 12.7 Å². The van der Waals surface area contributed by atoms with E-state index in [4.69, 9.17) is 9.47 Å². The van der Waals surface area contributed by atoms with Gasteiger partial charge in [0.2, 0.25) is 0 Å². The van der Waals surface area contributed by atoms with E-state index in [-0.39, 0.29) is 18.5 Å². The van der Waals surface area contributed by atoms with Gasteiger partial charge in [-0.05, 0) is 12.8 Å². The Morgan fingerprint density at radius 2 is 0.816 bits per heavy atom. The van der Waals surface area contributed by atoms with Gasteiger partial charge in [0, 0.05) is 18.6 Å². The van der Waals surface area contributed by atoms with Crippen molar-refractivity contribution in [3.05, 3.63) is 0 Å². The van der Waals surface area contributed by atoms with Crippen molar-refractivity contribution >= 4 is 24.6 Å². The molecule has 0 aromatic carbocycles. The van der Waals surface area contributed by atoms with Crippen molar-refractivity contribution in [2.75, 3.05) is 12.4 Å². The van der Waals surface area contributed by atoms with Gasteiger partial charge >= 0.3 is 11.9 Å². The number of esters is 2. The van der Waals surface area contributed by atoms with E-state index in [1.165, 1.54) is 128 Å². The Hall–Kier alpha value is -0.710. The molecule has 0 aromatic heterocycles. The van der Waals surface area contributed by atoms with Gasteiger partial charge in [-0.3, -0.25) is 9.59 Å². The Morgan fingerprint density at radius 1 is 0.500 bits per heavy atom. The number of carbonyl (C=O) groups excluding carboxylic acids is 2. The van der Waals surface area contributed by atoms with Gasteiger partial charge in [-0.25, -0.2) is 0 Å². The first-order valence-electron chi connectivity index (χ1n) is 16.6. The smallest absolute Gasteiger partial charge is 0.306 e. The average Bonchev–Trinajstić information content (AvgIpc) is 2.92. The highest BCUT2D eigenvalue weighted by Gasteiger charge is 2.15. The van der Waals surface area contributed by atoms with Crippen LogP contribution in [-0.4, -0.2) is 30.4 Å². The lowest BCUT2D eigenvalue weighted by Crippen LogP contribution is -2.26. The predicted octanol–water partition coefficient (Wildman–Crippen LogP) is 10.6. The fraction of sp³-hybridized carbons (Fsp3) is 0.939. The molecule has 5 heteroatoms. The first-order valence-corrected chi connectivity index (χ1v) is 17.2. The third-order valence-electron chi connectivity index (χ3n) is 7.40. The number of unbranched alkanes of at least 4 members (excludes halogenated alkanes) is 22. The number of hydrogen-bond acceptors (Lipinski definition) is 5. The van der Waals surface area contributed by atoms with E-state index >= 15 is 0 Å². The first kappa shape index (κ1) is 37.3. The molecule has 0 spiro atoms. The van der Waals surface area contributed by atoms with Crippen molar-refractivity contribution in [2.45, 2.75) is 187 Å². The second-order valence-electron chi connectivity index (χ2n) is 11.3. The third kappa shape index (κ3) is 28.3. The maximum atomic E-state index is 12.1. The topological polar surface area (TPSA) is 52.6 Å². The van der Waals surface area contributed by atoms with Crippen LogP contribution in [0.3, 0.4) is 0 Å². The molecular formula is C33H64O4S. The molecule has 0 bridgehead atoms. The van der Waals surface area contributed by atoms with Gasteiger partial charge < -0.3 is 9.47 Å². The van der Waals surface area contributed by atoms with Crippen LogP contribution in [0.25, 0.3) is 0 Å². The van der Waals surface area contributed by atoms with Gasteiger partial charge in [0.25, 0.3) is 0 Å². The lowest BCUT2D eigenvalue weighted by atomic mass is 10.0. The summed E-state index contributed by atoms with van der Waals surface area (Å²) >= 11 is 4.27. The summed E-state index contributed by atoms with van der Waals surface area (Å²) in [6.45, 7) is 4.64. The van der Waals surface area contributed by atoms with Crippen LogP contribution >= 0.6 is 12.6 Å². The average molecular weight is 557 g/mol. The van der Waals surface area contributed by atoms with Crippen LogP contribution in [0.1, 0.15) is 181 Å². The highest BCUT2D eigenvalue weighted by Crippen LogP contribution is 2.14. The van der Waals surface area contributed by atoms with Gasteiger partial charge in [-0.1, -0.05) is 155 Å². The summed E-state index contributed by atoms with van der Waals surface area (Å²) in [5.74, 6) is -0.0235. The maximum absolute atomic E-state index is 12.1. The van der Waals surface area contributed by atoms with E-state index < -0.39 is 6.10 Å². The highest BCUT2D eigenvalue weighted by atomic mass is 32.1. The molecule has 0 aliphatic carbocycles.